The second-order valence-electron chi connectivity index (χ2n) is 8.28. The van der Waals surface area contributed by atoms with Crippen molar-refractivity contribution in [1.29, 1.82) is 0 Å². The van der Waals surface area contributed by atoms with E-state index in [2.05, 4.69) is 9.97 Å². The molecule has 2 N–H and O–H groups in total. The van der Waals surface area contributed by atoms with Gasteiger partial charge in [0.05, 0.1) is 17.0 Å². The lowest BCUT2D eigenvalue weighted by atomic mass is 10.1. The molecule has 170 valence electrons. The normalized spacial score (nSPS) is 11.2. The van der Waals surface area contributed by atoms with E-state index in [1.165, 1.54) is 6.20 Å². The minimum atomic E-state index is -0.549. The summed E-state index contributed by atoms with van der Waals surface area (Å²) in [4.78, 5) is 32.4. The van der Waals surface area contributed by atoms with Gasteiger partial charge in [-0.15, -0.1) is 0 Å². The molecule has 0 radical (unpaired) electrons. The lowest BCUT2D eigenvalue weighted by Gasteiger charge is -2.20. The number of carbonyl (C=O) groups is 1. The molecule has 2 aromatic heterocycles. The van der Waals surface area contributed by atoms with E-state index in [-0.39, 0.29) is 10.8 Å². The highest BCUT2D eigenvalue weighted by Gasteiger charge is 2.18. The Morgan fingerprint density at radius 3 is 2.47 bits per heavy atom. The van der Waals surface area contributed by atoms with Crippen molar-refractivity contribution in [2.45, 2.75) is 32.8 Å². The van der Waals surface area contributed by atoms with E-state index in [1.54, 1.807) is 12.1 Å². The van der Waals surface area contributed by atoms with E-state index in [0.29, 0.717) is 30.0 Å². The zero-order valence-corrected chi connectivity index (χ0v) is 19.4. The zero-order valence-electron chi connectivity index (χ0n) is 18.5. The topological polar surface area (TPSA) is 105 Å². The maximum Gasteiger partial charge on any atom is 0.340 e. The third-order valence-corrected chi connectivity index (χ3v) is 5.33. The highest BCUT2D eigenvalue weighted by atomic mass is 32.1. The average molecular weight is 458 g/mol. The van der Waals surface area contributed by atoms with Gasteiger partial charge in [0.2, 0.25) is 5.88 Å². The van der Waals surface area contributed by atoms with Crippen LogP contribution in [-0.2, 0) is 11.2 Å². The van der Waals surface area contributed by atoms with Crippen molar-refractivity contribution < 1.29 is 19.4 Å². The van der Waals surface area contributed by atoms with Gasteiger partial charge in [-0.3, -0.25) is 9.78 Å². The van der Waals surface area contributed by atoms with E-state index in [4.69, 9.17) is 9.47 Å². The summed E-state index contributed by atoms with van der Waals surface area (Å²) in [6.45, 7) is 6.53. The molecule has 3 aromatic rings. The lowest BCUT2D eigenvalue weighted by Crippen LogP contribution is -2.25. The number of aromatic amines is 1. The van der Waals surface area contributed by atoms with Crippen molar-refractivity contribution in [2.75, 3.05) is 25.1 Å². The number of esters is 1. The molecule has 0 aliphatic rings. The van der Waals surface area contributed by atoms with Crippen LogP contribution in [-0.4, -0.2) is 46.8 Å². The standard InChI is InChI=1S/C23H27N3O5S/c1-23(2,3)31-21(28)16-7-10-19(24-14-16)26(4)11-12-30-17-8-5-15(6-9-17)13-18-20(27)25-22(29)32-18/h5-10,14,27H,11-13H2,1-4H3,(H,25,29). The van der Waals surface area contributed by atoms with E-state index in [1.807, 2.05) is 57.0 Å². The molecule has 0 unspecified atom stereocenters. The number of aromatic hydroxyl groups is 1. The number of carbonyl (C=O) groups excluding carboxylic acids is 1. The second kappa shape index (κ2) is 9.86. The molecule has 0 saturated carbocycles. The Morgan fingerprint density at radius 2 is 1.91 bits per heavy atom. The average Bonchev–Trinajstić information content (AvgIpc) is 3.04. The van der Waals surface area contributed by atoms with Crippen LogP contribution in [0.3, 0.4) is 0 Å². The highest BCUT2D eigenvalue weighted by Crippen LogP contribution is 2.22. The Labute approximate surface area is 190 Å². The van der Waals surface area contributed by atoms with Gasteiger partial charge in [0.15, 0.2) is 0 Å². The summed E-state index contributed by atoms with van der Waals surface area (Å²) in [5, 5.41) is 9.69. The summed E-state index contributed by atoms with van der Waals surface area (Å²) in [5.74, 6) is 0.978. The summed E-state index contributed by atoms with van der Waals surface area (Å²) >= 11 is 1.00. The van der Waals surface area contributed by atoms with Crippen LogP contribution >= 0.6 is 11.3 Å². The van der Waals surface area contributed by atoms with Crippen molar-refractivity contribution in [3.05, 3.63) is 68.3 Å². The highest BCUT2D eigenvalue weighted by molar-refractivity contribution is 7.09. The third kappa shape index (κ3) is 6.58. The molecular formula is C23H27N3O5S. The van der Waals surface area contributed by atoms with E-state index in [0.717, 1.165) is 28.5 Å². The fourth-order valence-corrected chi connectivity index (χ4v) is 3.60. The van der Waals surface area contributed by atoms with Crippen LogP contribution < -0.4 is 14.5 Å². The Hall–Kier alpha value is -3.33. The van der Waals surface area contributed by atoms with Crippen molar-refractivity contribution in [3.8, 4) is 11.6 Å². The fourth-order valence-electron chi connectivity index (χ4n) is 2.85. The largest absolute Gasteiger partial charge is 0.494 e. The molecule has 0 aliphatic heterocycles. The third-order valence-electron chi connectivity index (χ3n) is 4.46. The number of hydrogen-bond acceptors (Lipinski definition) is 8. The molecule has 9 heteroatoms. The maximum atomic E-state index is 12.1. The lowest BCUT2D eigenvalue weighted by molar-refractivity contribution is 0.00691. The first-order valence-electron chi connectivity index (χ1n) is 10.1. The van der Waals surface area contributed by atoms with Crippen LogP contribution in [0.2, 0.25) is 0 Å². The van der Waals surface area contributed by atoms with Gasteiger partial charge in [0.1, 0.15) is 23.8 Å². The van der Waals surface area contributed by atoms with Crippen LogP contribution in [0.25, 0.3) is 0 Å². The van der Waals surface area contributed by atoms with Gasteiger partial charge in [-0.05, 0) is 50.6 Å². The Kier molecular flexibility index (Phi) is 7.19. The SMILES string of the molecule is CN(CCOc1ccc(Cc2sc(=O)[nH]c2O)cc1)c1ccc(C(=O)OC(C)(C)C)cn1. The maximum absolute atomic E-state index is 12.1. The number of anilines is 1. The van der Waals surface area contributed by atoms with Crippen LogP contribution in [0.4, 0.5) is 5.82 Å². The van der Waals surface area contributed by atoms with Crippen LogP contribution in [0.5, 0.6) is 11.6 Å². The number of thiazole rings is 1. The molecule has 0 bridgehead atoms. The monoisotopic (exact) mass is 457 g/mol. The number of pyridine rings is 1. The number of aromatic nitrogens is 2. The number of hydrogen-bond donors (Lipinski definition) is 2. The fraction of sp³-hybridized carbons (Fsp3) is 0.348. The quantitative estimate of drug-likeness (QED) is 0.498. The molecule has 0 aliphatic carbocycles. The predicted molar refractivity (Wildman–Crippen MR) is 124 cm³/mol. The molecule has 3 rings (SSSR count). The van der Waals surface area contributed by atoms with Crippen molar-refractivity contribution in [1.82, 2.24) is 9.97 Å². The molecule has 1 aromatic carbocycles. The molecular weight excluding hydrogens is 430 g/mol. The number of nitrogens with zero attached hydrogens (tertiary/aromatic N) is 2. The summed E-state index contributed by atoms with van der Waals surface area (Å²) < 4.78 is 11.1. The zero-order chi connectivity index (χ0) is 23.3. The molecule has 0 saturated heterocycles. The predicted octanol–water partition coefficient (Wildman–Crippen LogP) is 3.60. The summed E-state index contributed by atoms with van der Waals surface area (Å²) in [6, 6.07) is 11.0. The number of benzene rings is 1. The Bertz CT molecular complexity index is 1100. The number of ether oxygens (including phenoxy) is 2. The smallest absolute Gasteiger partial charge is 0.340 e. The van der Waals surface area contributed by atoms with Crippen molar-refractivity contribution in [2.24, 2.45) is 0 Å². The molecule has 8 nitrogen and oxygen atoms in total. The second-order valence-corrected chi connectivity index (χ2v) is 9.35. The number of nitrogens with one attached hydrogen (secondary N) is 1. The van der Waals surface area contributed by atoms with Gasteiger partial charge in [0, 0.05) is 19.7 Å². The van der Waals surface area contributed by atoms with Gasteiger partial charge in [-0.25, -0.2) is 9.78 Å². The summed E-state index contributed by atoms with van der Waals surface area (Å²) in [7, 11) is 1.90. The summed E-state index contributed by atoms with van der Waals surface area (Å²) in [5.41, 5.74) is 0.829. The first kappa shape index (κ1) is 23.3. The van der Waals surface area contributed by atoms with E-state index < -0.39 is 11.6 Å². The number of likely N-dealkylation sites (N-methyl/N-ethyl adjacent to an activating group) is 1. The first-order chi connectivity index (χ1) is 15.1. The minimum absolute atomic E-state index is 0.0731. The minimum Gasteiger partial charge on any atom is -0.494 e. The van der Waals surface area contributed by atoms with Gasteiger partial charge in [0.25, 0.3) is 0 Å². The van der Waals surface area contributed by atoms with Gasteiger partial charge >= 0.3 is 10.8 Å². The van der Waals surface area contributed by atoms with Gasteiger partial charge in [-0.2, -0.15) is 0 Å². The van der Waals surface area contributed by atoms with E-state index in [9.17, 15) is 14.7 Å². The molecule has 0 amide bonds. The molecule has 0 atom stereocenters. The van der Waals surface area contributed by atoms with Crippen molar-refractivity contribution in [3.63, 3.8) is 0 Å². The molecule has 0 fully saturated rings. The van der Waals surface area contributed by atoms with E-state index >= 15 is 0 Å². The Balaban J connectivity index is 1.48. The molecule has 0 spiro atoms. The number of H-pyrrole nitrogens is 1. The molecule has 32 heavy (non-hydrogen) atoms. The van der Waals surface area contributed by atoms with Crippen LogP contribution in [0.15, 0.2) is 47.4 Å². The first-order valence-corrected chi connectivity index (χ1v) is 11.0. The Morgan fingerprint density at radius 1 is 1.19 bits per heavy atom. The summed E-state index contributed by atoms with van der Waals surface area (Å²) in [6.07, 6.45) is 1.99. The van der Waals surface area contributed by atoms with Crippen LogP contribution in [0.1, 0.15) is 41.6 Å². The van der Waals surface area contributed by atoms with Crippen molar-refractivity contribution >= 4 is 23.1 Å². The molecule has 2 heterocycles. The van der Waals surface area contributed by atoms with Gasteiger partial charge < -0.3 is 19.5 Å². The van der Waals surface area contributed by atoms with Gasteiger partial charge in [-0.1, -0.05) is 23.5 Å². The number of rotatable bonds is 8. The van der Waals surface area contributed by atoms with Crippen LogP contribution in [0, 0.1) is 0 Å².